The van der Waals surface area contributed by atoms with E-state index in [9.17, 15) is 9.59 Å². The van der Waals surface area contributed by atoms with E-state index in [1.54, 1.807) is 42.5 Å². The van der Waals surface area contributed by atoms with Gasteiger partial charge in [0.15, 0.2) is 6.61 Å². The first-order valence-corrected chi connectivity index (χ1v) is 8.45. The lowest BCUT2D eigenvalue weighted by molar-refractivity contribution is -0.119. The van der Waals surface area contributed by atoms with Gasteiger partial charge in [-0.25, -0.2) is 9.48 Å². The summed E-state index contributed by atoms with van der Waals surface area (Å²) in [6.07, 6.45) is 1.44. The highest BCUT2D eigenvalue weighted by molar-refractivity contribution is 7.00. The zero-order valence-electron chi connectivity index (χ0n) is 13.6. The molecule has 27 heavy (non-hydrogen) atoms. The number of ether oxygens (including phenoxy) is 1. The van der Waals surface area contributed by atoms with Crippen molar-refractivity contribution in [1.82, 2.24) is 29.0 Å². The first kappa shape index (κ1) is 16.7. The molecule has 4 aromatic rings. The monoisotopic (exact) mass is 381 g/mol. The van der Waals surface area contributed by atoms with Crippen molar-refractivity contribution in [2.75, 3.05) is 11.9 Å². The molecule has 0 fully saturated rings. The second kappa shape index (κ2) is 7.25. The fraction of sp³-hybridized carbons (Fsp3) is 0.0625. The molecule has 11 heteroatoms. The van der Waals surface area contributed by atoms with Crippen molar-refractivity contribution in [3.8, 4) is 5.69 Å². The Balaban J connectivity index is 1.36. The fourth-order valence-corrected chi connectivity index (χ4v) is 2.89. The predicted molar refractivity (Wildman–Crippen MR) is 95.5 cm³/mol. The second-order valence-corrected chi connectivity index (χ2v) is 5.89. The Bertz CT molecular complexity index is 1090. The molecule has 0 aliphatic heterocycles. The van der Waals surface area contributed by atoms with E-state index in [0.717, 1.165) is 11.7 Å². The minimum absolute atomic E-state index is 0.311. The quantitative estimate of drug-likeness (QED) is 0.515. The molecule has 1 N–H and O–H groups in total. The fourth-order valence-electron chi connectivity index (χ4n) is 2.34. The molecule has 4 rings (SSSR count). The molecule has 0 aliphatic carbocycles. The minimum Gasteiger partial charge on any atom is -0.452 e. The summed E-state index contributed by atoms with van der Waals surface area (Å²) in [5.41, 5.74) is 2.82. The van der Waals surface area contributed by atoms with Crippen molar-refractivity contribution in [3.63, 3.8) is 0 Å². The van der Waals surface area contributed by atoms with Crippen molar-refractivity contribution in [2.24, 2.45) is 0 Å². The standard InChI is InChI=1S/C16H11N7O3S/c24-14(18-12-2-1-3-13-15(12)20-27-19-13)8-26-16(25)10-4-6-11(7-5-10)23-9-17-21-22-23/h1-7,9H,8H2,(H,18,24). The zero-order chi connectivity index (χ0) is 18.6. The van der Waals surface area contributed by atoms with Crippen molar-refractivity contribution in [1.29, 1.82) is 0 Å². The average molecular weight is 381 g/mol. The maximum Gasteiger partial charge on any atom is 0.338 e. The van der Waals surface area contributed by atoms with E-state index < -0.39 is 18.5 Å². The number of rotatable bonds is 5. The van der Waals surface area contributed by atoms with Crippen molar-refractivity contribution < 1.29 is 14.3 Å². The number of esters is 1. The maximum absolute atomic E-state index is 12.1. The highest BCUT2D eigenvalue weighted by Gasteiger charge is 2.13. The van der Waals surface area contributed by atoms with Crippen LogP contribution in [0.3, 0.4) is 0 Å². The van der Waals surface area contributed by atoms with Gasteiger partial charge in [0, 0.05) is 0 Å². The van der Waals surface area contributed by atoms with Gasteiger partial charge < -0.3 is 10.1 Å². The SMILES string of the molecule is O=C(COC(=O)c1ccc(-n2cnnn2)cc1)Nc1cccc2nsnc12. The number of amides is 1. The number of carbonyl (C=O) groups is 2. The molecule has 0 saturated carbocycles. The second-order valence-electron chi connectivity index (χ2n) is 5.36. The van der Waals surface area contributed by atoms with Crippen LogP contribution in [0.15, 0.2) is 48.8 Å². The van der Waals surface area contributed by atoms with Gasteiger partial charge in [-0.1, -0.05) is 6.07 Å². The summed E-state index contributed by atoms with van der Waals surface area (Å²) in [6.45, 7) is -0.415. The van der Waals surface area contributed by atoms with Crippen LogP contribution in [0.5, 0.6) is 0 Å². The van der Waals surface area contributed by atoms with E-state index in [1.807, 2.05) is 0 Å². The van der Waals surface area contributed by atoms with Gasteiger partial charge in [0.05, 0.1) is 28.7 Å². The lowest BCUT2D eigenvalue weighted by atomic mass is 10.2. The molecule has 2 aromatic carbocycles. The number of carbonyl (C=O) groups excluding carboxylic acids is 2. The van der Waals surface area contributed by atoms with Crippen LogP contribution in [-0.4, -0.2) is 47.4 Å². The van der Waals surface area contributed by atoms with Crippen LogP contribution < -0.4 is 5.32 Å². The van der Waals surface area contributed by atoms with Crippen LogP contribution in [0.4, 0.5) is 5.69 Å². The normalized spacial score (nSPS) is 10.7. The number of fused-ring (bicyclic) bond motifs is 1. The Morgan fingerprint density at radius 1 is 1.11 bits per heavy atom. The number of hydrogen-bond donors (Lipinski definition) is 1. The summed E-state index contributed by atoms with van der Waals surface area (Å²) < 4.78 is 14.8. The lowest BCUT2D eigenvalue weighted by Gasteiger charge is -2.07. The molecule has 10 nitrogen and oxygen atoms in total. The predicted octanol–water partition coefficient (Wildman–Crippen LogP) is 1.46. The summed E-state index contributed by atoms with van der Waals surface area (Å²) in [6, 6.07) is 11.7. The van der Waals surface area contributed by atoms with Gasteiger partial charge in [0.25, 0.3) is 5.91 Å². The summed E-state index contributed by atoms with van der Waals surface area (Å²) in [5.74, 6) is -1.07. The van der Waals surface area contributed by atoms with Crippen LogP contribution in [0.25, 0.3) is 16.7 Å². The Kier molecular flexibility index (Phi) is 4.49. The highest BCUT2D eigenvalue weighted by Crippen LogP contribution is 2.21. The van der Waals surface area contributed by atoms with Crippen LogP contribution >= 0.6 is 11.7 Å². The minimum atomic E-state index is -0.609. The number of hydrogen-bond acceptors (Lipinski definition) is 9. The van der Waals surface area contributed by atoms with E-state index >= 15 is 0 Å². The molecule has 0 aliphatic rings. The number of tetrazole rings is 1. The Morgan fingerprint density at radius 3 is 2.74 bits per heavy atom. The number of nitrogens with one attached hydrogen (secondary N) is 1. The Morgan fingerprint density at radius 2 is 1.96 bits per heavy atom. The first-order valence-electron chi connectivity index (χ1n) is 7.72. The van der Waals surface area contributed by atoms with Crippen molar-refractivity contribution in [3.05, 3.63) is 54.4 Å². The molecule has 0 atom stereocenters. The molecule has 1 amide bonds. The number of aromatic nitrogens is 6. The molecular formula is C16H11N7O3S. The maximum atomic E-state index is 12.1. The summed E-state index contributed by atoms with van der Waals surface area (Å²) >= 11 is 1.06. The molecule has 0 unspecified atom stereocenters. The third-order valence-corrected chi connectivity index (χ3v) is 4.15. The van der Waals surface area contributed by atoms with Crippen LogP contribution in [0.2, 0.25) is 0 Å². The molecule has 134 valence electrons. The van der Waals surface area contributed by atoms with Gasteiger partial charge in [-0.05, 0) is 46.8 Å². The van der Waals surface area contributed by atoms with E-state index in [4.69, 9.17) is 4.74 Å². The lowest BCUT2D eigenvalue weighted by Crippen LogP contribution is -2.21. The molecule has 0 saturated heterocycles. The smallest absolute Gasteiger partial charge is 0.338 e. The molecule has 2 aromatic heterocycles. The van der Waals surface area contributed by atoms with Gasteiger partial charge in [0.1, 0.15) is 17.4 Å². The van der Waals surface area contributed by atoms with E-state index in [1.165, 1.54) is 11.0 Å². The topological polar surface area (TPSA) is 125 Å². The summed E-state index contributed by atoms with van der Waals surface area (Å²) in [4.78, 5) is 24.2. The van der Waals surface area contributed by atoms with E-state index in [0.29, 0.717) is 28.0 Å². The summed E-state index contributed by atoms with van der Waals surface area (Å²) in [5, 5.41) is 13.5. The van der Waals surface area contributed by atoms with Gasteiger partial charge in [-0.2, -0.15) is 8.75 Å². The largest absolute Gasteiger partial charge is 0.452 e. The van der Waals surface area contributed by atoms with Crippen molar-refractivity contribution >= 4 is 40.3 Å². The van der Waals surface area contributed by atoms with Crippen LogP contribution in [-0.2, 0) is 9.53 Å². The zero-order valence-corrected chi connectivity index (χ0v) is 14.5. The van der Waals surface area contributed by atoms with Crippen LogP contribution in [0.1, 0.15) is 10.4 Å². The van der Waals surface area contributed by atoms with Gasteiger partial charge in [-0.15, -0.1) is 5.10 Å². The summed E-state index contributed by atoms with van der Waals surface area (Å²) in [7, 11) is 0. The van der Waals surface area contributed by atoms with Crippen LogP contribution in [0, 0.1) is 0 Å². The molecule has 0 bridgehead atoms. The van der Waals surface area contributed by atoms with E-state index in [-0.39, 0.29) is 0 Å². The van der Waals surface area contributed by atoms with Crippen molar-refractivity contribution in [2.45, 2.75) is 0 Å². The number of nitrogens with zero attached hydrogens (tertiary/aromatic N) is 6. The first-order chi connectivity index (χ1) is 13.2. The van der Waals surface area contributed by atoms with Gasteiger partial charge >= 0.3 is 5.97 Å². The third kappa shape index (κ3) is 3.62. The molecular weight excluding hydrogens is 370 g/mol. The number of benzene rings is 2. The third-order valence-electron chi connectivity index (χ3n) is 3.61. The number of anilines is 1. The highest BCUT2D eigenvalue weighted by atomic mass is 32.1. The average Bonchev–Trinajstić information content (AvgIpc) is 3.38. The van der Waals surface area contributed by atoms with E-state index in [2.05, 4.69) is 29.6 Å². The Labute approximate surface area is 156 Å². The Hall–Kier alpha value is -3.73. The molecule has 0 spiro atoms. The van der Waals surface area contributed by atoms with Gasteiger partial charge in [0.2, 0.25) is 0 Å². The van der Waals surface area contributed by atoms with Gasteiger partial charge in [-0.3, -0.25) is 4.79 Å². The molecule has 2 heterocycles. The molecule has 0 radical (unpaired) electrons.